The van der Waals surface area contributed by atoms with E-state index in [1.807, 2.05) is 0 Å². The molecule has 2 atom stereocenters. The van der Waals surface area contributed by atoms with E-state index < -0.39 is 33.7 Å². The molecule has 1 aliphatic rings. The van der Waals surface area contributed by atoms with Gasteiger partial charge in [0.05, 0.1) is 4.92 Å². The Morgan fingerprint density at radius 1 is 1.50 bits per heavy atom. The molecular formula is C10H9F2N3O3. The maximum Gasteiger partial charge on any atom is 0.305 e. The van der Waals surface area contributed by atoms with Gasteiger partial charge in [-0.15, -0.1) is 0 Å². The van der Waals surface area contributed by atoms with Crippen LogP contribution in [0.25, 0.3) is 0 Å². The molecular weight excluding hydrogens is 248 g/mol. The molecule has 2 unspecified atom stereocenters. The first-order valence-corrected chi connectivity index (χ1v) is 5.10. The van der Waals surface area contributed by atoms with Crippen molar-refractivity contribution in [3.63, 3.8) is 0 Å². The number of benzene rings is 1. The lowest BCUT2D eigenvalue weighted by Crippen LogP contribution is -2.31. The smallest absolute Gasteiger partial charge is 0.305 e. The van der Waals surface area contributed by atoms with Crippen molar-refractivity contribution in [2.45, 2.75) is 18.5 Å². The Morgan fingerprint density at radius 3 is 2.61 bits per heavy atom. The van der Waals surface area contributed by atoms with Crippen LogP contribution in [-0.2, 0) is 0 Å². The van der Waals surface area contributed by atoms with Gasteiger partial charge in [-0.05, 0) is 12.5 Å². The number of rotatable bonds is 3. The van der Waals surface area contributed by atoms with E-state index in [9.17, 15) is 23.7 Å². The third-order valence-corrected chi connectivity index (χ3v) is 2.65. The molecule has 1 saturated carbocycles. The summed E-state index contributed by atoms with van der Waals surface area (Å²) < 4.78 is 27.0. The summed E-state index contributed by atoms with van der Waals surface area (Å²) in [5, 5.41) is 12.8. The van der Waals surface area contributed by atoms with Crippen LogP contribution in [0.3, 0.4) is 0 Å². The summed E-state index contributed by atoms with van der Waals surface area (Å²) in [7, 11) is 0. The van der Waals surface area contributed by atoms with Gasteiger partial charge in [0.1, 0.15) is 11.4 Å². The van der Waals surface area contributed by atoms with Crippen LogP contribution in [0.5, 0.6) is 0 Å². The average Bonchev–Trinajstić information content (AvgIpc) is 2.93. The molecule has 0 aliphatic heterocycles. The molecule has 2 rings (SSSR count). The minimum atomic E-state index is -1.48. The standard InChI is InChI=1S/C10H9F2N3O3/c11-4-1-2-7(15(17)18)9(12)8(4)10(16)14-6-3-5(6)13/h1-2,5-6H,3,13H2,(H,14,16). The number of nitrogens with one attached hydrogen (secondary N) is 1. The van der Waals surface area contributed by atoms with Crippen molar-refractivity contribution in [1.29, 1.82) is 0 Å². The highest BCUT2D eigenvalue weighted by molar-refractivity contribution is 5.95. The largest absolute Gasteiger partial charge is 0.347 e. The lowest BCUT2D eigenvalue weighted by molar-refractivity contribution is -0.387. The Bertz CT molecular complexity index is 535. The number of nitro groups is 1. The Morgan fingerprint density at radius 2 is 2.11 bits per heavy atom. The van der Waals surface area contributed by atoms with Gasteiger partial charge in [0, 0.05) is 18.2 Å². The number of carbonyl (C=O) groups is 1. The second-order valence-corrected chi connectivity index (χ2v) is 3.99. The Hall–Kier alpha value is -2.09. The SMILES string of the molecule is NC1CC1NC(=O)c1c(F)ccc([N+](=O)[O-])c1F. The van der Waals surface area contributed by atoms with Crippen molar-refractivity contribution in [2.75, 3.05) is 0 Å². The number of amides is 1. The van der Waals surface area contributed by atoms with Gasteiger partial charge in [-0.3, -0.25) is 14.9 Å². The molecule has 8 heteroatoms. The predicted octanol–water partition coefficient (Wildman–Crippen LogP) is 0.702. The average molecular weight is 257 g/mol. The molecule has 1 aromatic carbocycles. The molecule has 0 aromatic heterocycles. The number of halogens is 2. The lowest BCUT2D eigenvalue weighted by atomic mass is 10.1. The van der Waals surface area contributed by atoms with Crippen molar-refractivity contribution < 1.29 is 18.5 Å². The van der Waals surface area contributed by atoms with Crippen molar-refractivity contribution in [2.24, 2.45) is 5.73 Å². The van der Waals surface area contributed by atoms with Gasteiger partial charge in [0.25, 0.3) is 5.91 Å². The molecule has 1 aliphatic carbocycles. The van der Waals surface area contributed by atoms with Crippen LogP contribution in [0.4, 0.5) is 14.5 Å². The van der Waals surface area contributed by atoms with E-state index in [4.69, 9.17) is 5.73 Å². The highest BCUT2D eigenvalue weighted by Gasteiger charge is 2.36. The third-order valence-electron chi connectivity index (χ3n) is 2.65. The van der Waals surface area contributed by atoms with E-state index in [1.54, 1.807) is 0 Å². The summed E-state index contributed by atoms with van der Waals surface area (Å²) in [6.07, 6.45) is 0.518. The zero-order valence-electron chi connectivity index (χ0n) is 9.02. The highest BCUT2D eigenvalue weighted by atomic mass is 19.1. The quantitative estimate of drug-likeness (QED) is 0.615. The number of nitrogens with two attached hydrogens (primary N) is 1. The summed E-state index contributed by atoms with van der Waals surface area (Å²) in [5.74, 6) is -3.66. The Kier molecular flexibility index (Phi) is 2.95. The summed E-state index contributed by atoms with van der Waals surface area (Å²) in [5.41, 5.74) is 3.54. The van der Waals surface area contributed by atoms with E-state index in [0.29, 0.717) is 18.6 Å². The van der Waals surface area contributed by atoms with Gasteiger partial charge >= 0.3 is 5.69 Å². The number of nitro benzene ring substituents is 1. The second kappa shape index (κ2) is 4.30. The summed E-state index contributed by atoms with van der Waals surface area (Å²) in [4.78, 5) is 21.1. The molecule has 1 amide bonds. The normalized spacial score (nSPS) is 21.5. The van der Waals surface area contributed by atoms with Gasteiger partial charge < -0.3 is 11.1 Å². The fourth-order valence-electron chi connectivity index (χ4n) is 1.51. The fourth-order valence-corrected chi connectivity index (χ4v) is 1.51. The molecule has 1 fully saturated rings. The maximum atomic E-state index is 13.6. The minimum absolute atomic E-state index is 0.237. The number of hydrogen-bond donors (Lipinski definition) is 2. The monoisotopic (exact) mass is 257 g/mol. The van der Waals surface area contributed by atoms with E-state index in [-0.39, 0.29) is 12.1 Å². The topological polar surface area (TPSA) is 98.3 Å². The molecule has 18 heavy (non-hydrogen) atoms. The molecule has 1 aromatic rings. The second-order valence-electron chi connectivity index (χ2n) is 3.99. The van der Waals surface area contributed by atoms with E-state index in [0.717, 1.165) is 0 Å². The van der Waals surface area contributed by atoms with Crippen LogP contribution in [0.2, 0.25) is 0 Å². The zero-order chi connectivity index (χ0) is 13.4. The van der Waals surface area contributed by atoms with Gasteiger partial charge in [-0.2, -0.15) is 4.39 Å². The van der Waals surface area contributed by atoms with Crippen molar-refractivity contribution in [3.8, 4) is 0 Å². The highest BCUT2D eigenvalue weighted by Crippen LogP contribution is 2.24. The van der Waals surface area contributed by atoms with Crippen LogP contribution in [0.1, 0.15) is 16.8 Å². The Labute approximate surface area is 99.9 Å². The van der Waals surface area contributed by atoms with Crippen LogP contribution in [0, 0.1) is 21.7 Å². The first-order chi connectivity index (χ1) is 8.41. The van der Waals surface area contributed by atoms with Gasteiger partial charge in [0.2, 0.25) is 5.82 Å². The molecule has 0 radical (unpaired) electrons. The van der Waals surface area contributed by atoms with Crippen molar-refractivity contribution in [3.05, 3.63) is 39.4 Å². The number of nitrogens with zero attached hydrogens (tertiary/aromatic N) is 1. The summed E-state index contributed by atoms with van der Waals surface area (Å²) in [6.45, 7) is 0. The molecule has 96 valence electrons. The fraction of sp³-hybridized carbons (Fsp3) is 0.300. The van der Waals surface area contributed by atoms with Gasteiger partial charge in [-0.25, -0.2) is 4.39 Å². The van der Waals surface area contributed by atoms with Crippen LogP contribution < -0.4 is 11.1 Å². The van der Waals surface area contributed by atoms with Crippen molar-refractivity contribution in [1.82, 2.24) is 5.32 Å². The van der Waals surface area contributed by atoms with Crippen molar-refractivity contribution >= 4 is 11.6 Å². The predicted molar refractivity (Wildman–Crippen MR) is 56.9 cm³/mol. The van der Waals surface area contributed by atoms with Gasteiger partial charge in [-0.1, -0.05) is 0 Å². The maximum absolute atomic E-state index is 13.6. The third kappa shape index (κ3) is 2.14. The van der Waals surface area contributed by atoms with E-state index >= 15 is 0 Å². The lowest BCUT2D eigenvalue weighted by Gasteiger charge is -2.06. The number of hydrogen-bond acceptors (Lipinski definition) is 4. The molecule has 0 spiro atoms. The Balaban J connectivity index is 2.33. The molecule has 0 saturated heterocycles. The van der Waals surface area contributed by atoms with Crippen LogP contribution >= 0.6 is 0 Å². The van der Waals surface area contributed by atoms with Crippen LogP contribution in [0.15, 0.2) is 12.1 Å². The first-order valence-electron chi connectivity index (χ1n) is 5.10. The first kappa shape index (κ1) is 12.4. The summed E-state index contributed by atoms with van der Waals surface area (Å²) >= 11 is 0. The van der Waals surface area contributed by atoms with Gasteiger partial charge in [0.15, 0.2) is 0 Å². The number of carbonyl (C=O) groups excluding carboxylic acids is 1. The van der Waals surface area contributed by atoms with E-state index in [2.05, 4.69) is 5.32 Å². The van der Waals surface area contributed by atoms with Crippen LogP contribution in [-0.4, -0.2) is 22.9 Å². The minimum Gasteiger partial charge on any atom is -0.347 e. The molecule has 0 bridgehead atoms. The zero-order valence-corrected chi connectivity index (χ0v) is 9.02. The summed E-state index contributed by atoms with van der Waals surface area (Å²) in [6, 6.07) is 0.780. The molecule has 0 heterocycles. The molecule has 6 nitrogen and oxygen atoms in total. The molecule has 3 N–H and O–H groups in total. The van der Waals surface area contributed by atoms with E-state index in [1.165, 1.54) is 0 Å².